The lowest BCUT2D eigenvalue weighted by atomic mass is 10.0. The van der Waals surface area contributed by atoms with Crippen molar-refractivity contribution in [2.24, 2.45) is 0 Å². The van der Waals surface area contributed by atoms with E-state index < -0.39 is 12.1 Å². The van der Waals surface area contributed by atoms with Crippen LogP contribution in [0.4, 0.5) is 0 Å². The van der Waals surface area contributed by atoms with Crippen molar-refractivity contribution in [3.63, 3.8) is 0 Å². The zero-order valence-electron chi connectivity index (χ0n) is 50.8. The van der Waals surface area contributed by atoms with Gasteiger partial charge < -0.3 is 20.3 Å². The molecule has 6 nitrogen and oxygen atoms in total. The second kappa shape index (κ2) is 64.9. The molecular formula is C69H133NO5. The number of aliphatic hydroxyl groups excluding tert-OH is 2. The Morgan fingerprint density at radius 3 is 0.973 bits per heavy atom. The SMILES string of the molecule is CCCCC/C=C\CCCCCCCC(=O)OCCCCCCCCCCCCCCCCCCCCCCCCCCCCCCCCCCCCCCCC(=O)NC(CO)C(O)/C=C/CCCCCCCCC. The van der Waals surface area contributed by atoms with Gasteiger partial charge in [-0.15, -0.1) is 0 Å². The topological polar surface area (TPSA) is 95.9 Å². The van der Waals surface area contributed by atoms with E-state index in [-0.39, 0.29) is 18.5 Å². The minimum atomic E-state index is -0.837. The summed E-state index contributed by atoms with van der Waals surface area (Å²) in [5.74, 6) is -0.0503. The van der Waals surface area contributed by atoms with Crippen LogP contribution in [0, 0.1) is 0 Å². The van der Waals surface area contributed by atoms with Gasteiger partial charge in [-0.1, -0.05) is 334 Å². The number of allylic oxidation sites excluding steroid dienone is 3. The van der Waals surface area contributed by atoms with Crippen LogP contribution < -0.4 is 5.32 Å². The van der Waals surface area contributed by atoms with E-state index in [1.54, 1.807) is 6.08 Å². The lowest BCUT2D eigenvalue weighted by molar-refractivity contribution is -0.143. The summed E-state index contributed by atoms with van der Waals surface area (Å²) >= 11 is 0. The van der Waals surface area contributed by atoms with Crippen molar-refractivity contribution in [1.82, 2.24) is 5.32 Å². The summed E-state index contributed by atoms with van der Waals surface area (Å²) in [5.41, 5.74) is 0. The van der Waals surface area contributed by atoms with Gasteiger partial charge in [0.2, 0.25) is 5.91 Å². The van der Waals surface area contributed by atoms with Crippen molar-refractivity contribution in [2.75, 3.05) is 13.2 Å². The van der Waals surface area contributed by atoms with E-state index in [9.17, 15) is 19.8 Å². The number of unbranched alkanes of at least 4 members (excludes halogenated alkanes) is 51. The van der Waals surface area contributed by atoms with Gasteiger partial charge >= 0.3 is 5.97 Å². The molecule has 0 rings (SSSR count). The van der Waals surface area contributed by atoms with Crippen LogP contribution in [-0.4, -0.2) is 47.4 Å². The first-order valence-corrected chi connectivity index (χ1v) is 34.1. The Kier molecular flexibility index (Phi) is 63.4. The molecule has 0 aliphatic carbocycles. The van der Waals surface area contributed by atoms with E-state index >= 15 is 0 Å². The normalized spacial score (nSPS) is 12.6. The fourth-order valence-corrected chi connectivity index (χ4v) is 10.7. The number of ether oxygens (including phenoxy) is 1. The summed E-state index contributed by atoms with van der Waals surface area (Å²) in [6.45, 7) is 4.87. The highest BCUT2D eigenvalue weighted by molar-refractivity contribution is 5.76. The van der Waals surface area contributed by atoms with Gasteiger partial charge in [0, 0.05) is 12.8 Å². The van der Waals surface area contributed by atoms with Crippen molar-refractivity contribution in [3.05, 3.63) is 24.3 Å². The predicted molar refractivity (Wildman–Crippen MR) is 329 cm³/mol. The molecule has 3 N–H and O–H groups in total. The smallest absolute Gasteiger partial charge is 0.305 e. The highest BCUT2D eigenvalue weighted by Gasteiger charge is 2.18. The molecule has 2 atom stereocenters. The molecule has 444 valence electrons. The van der Waals surface area contributed by atoms with Crippen molar-refractivity contribution in [2.45, 2.75) is 392 Å². The van der Waals surface area contributed by atoms with E-state index in [1.807, 2.05) is 6.08 Å². The standard InChI is InChI=1S/C69H133NO5/c1-3-5-7-9-11-13-14-43-47-51-55-59-63-69(74)75-64-60-56-52-48-44-41-39-37-35-33-31-29-27-25-23-21-19-17-15-16-18-20-22-24-26-28-30-32-34-36-38-40-42-46-50-54-58-62-68(73)70-66(65-71)67(72)61-57-53-49-45-12-10-8-6-4-2/h11,13,57,61,66-67,71-72H,3-10,12,14-56,58-60,62-65H2,1-2H3,(H,70,73)/b13-11-,61-57+. The molecule has 0 spiro atoms. The van der Waals surface area contributed by atoms with Crippen molar-refractivity contribution in [1.29, 1.82) is 0 Å². The van der Waals surface area contributed by atoms with Gasteiger partial charge in [-0.3, -0.25) is 9.59 Å². The Morgan fingerprint density at radius 1 is 0.360 bits per heavy atom. The van der Waals surface area contributed by atoms with Gasteiger partial charge in [0.25, 0.3) is 0 Å². The van der Waals surface area contributed by atoms with Gasteiger partial charge in [-0.25, -0.2) is 0 Å². The molecule has 0 bridgehead atoms. The summed E-state index contributed by atoms with van der Waals surface area (Å²) in [7, 11) is 0. The van der Waals surface area contributed by atoms with Crippen molar-refractivity contribution >= 4 is 11.9 Å². The molecule has 6 heteroatoms. The number of aliphatic hydroxyl groups is 2. The van der Waals surface area contributed by atoms with Crippen LogP contribution in [0.15, 0.2) is 24.3 Å². The molecule has 1 amide bonds. The Bertz CT molecular complexity index is 1170. The van der Waals surface area contributed by atoms with E-state index in [0.29, 0.717) is 19.4 Å². The molecule has 0 aromatic rings. The van der Waals surface area contributed by atoms with E-state index in [0.717, 1.165) is 44.9 Å². The largest absolute Gasteiger partial charge is 0.466 e. The number of hydrogen-bond acceptors (Lipinski definition) is 5. The maximum atomic E-state index is 12.4. The molecule has 75 heavy (non-hydrogen) atoms. The molecule has 0 aromatic carbocycles. The third kappa shape index (κ3) is 61.4. The number of carbonyl (C=O) groups excluding carboxylic acids is 2. The summed E-state index contributed by atoms with van der Waals surface area (Å²) in [6, 6.07) is -0.620. The average Bonchev–Trinajstić information content (AvgIpc) is 3.41. The fraction of sp³-hybridized carbons (Fsp3) is 0.913. The Morgan fingerprint density at radius 2 is 0.627 bits per heavy atom. The van der Waals surface area contributed by atoms with E-state index in [4.69, 9.17) is 4.74 Å². The molecule has 2 unspecified atom stereocenters. The van der Waals surface area contributed by atoms with Crippen LogP contribution in [0.1, 0.15) is 380 Å². The number of nitrogens with one attached hydrogen (secondary N) is 1. The molecule has 0 saturated carbocycles. The highest BCUT2D eigenvalue weighted by Crippen LogP contribution is 2.19. The zero-order valence-corrected chi connectivity index (χ0v) is 50.8. The molecule has 0 aliphatic rings. The summed E-state index contributed by atoms with van der Waals surface area (Å²) in [6.07, 6.45) is 81.4. The number of rotatable bonds is 64. The van der Waals surface area contributed by atoms with E-state index in [2.05, 4.69) is 31.3 Å². The zero-order chi connectivity index (χ0) is 54.3. The Balaban J connectivity index is 3.27. The maximum absolute atomic E-state index is 12.4. The van der Waals surface area contributed by atoms with Crippen LogP contribution in [-0.2, 0) is 14.3 Å². The molecule has 0 heterocycles. The van der Waals surface area contributed by atoms with Gasteiger partial charge in [0.1, 0.15) is 0 Å². The number of amides is 1. The first-order valence-electron chi connectivity index (χ1n) is 34.1. The summed E-state index contributed by atoms with van der Waals surface area (Å²) in [4.78, 5) is 24.4. The quantitative estimate of drug-likeness (QED) is 0.0320. The first-order chi connectivity index (χ1) is 37.0. The highest BCUT2D eigenvalue weighted by atomic mass is 16.5. The Labute approximate surface area is 469 Å². The minimum absolute atomic E-state index is 0.0132. The summed E-state index contributed by atoms with van der Waals surface area (Å²) in [5, 5.41) is 23.0. The predicted octanol–water partition coefficient (Wildman–Crippen LogP) is 21.8. The second-order valence-electron chi connectivity index (χ2n) is 23.5. The lowest BCUT2D eigenvalue weighted by Gasteiger charge is -2.20. The molecule has 0 aliphatic heterocycles. The van der Waals surface area contributed by atoms with Crippen molar-refractivity contribution in [3.8, 4) is 0 Å². The molecule has 0 saturated heterocycles. The van der Waals surface area contributed by atoms with Crippen LogP contribution >= 0.6 is 0 Å². The number of esters is 1. The van der Waals surface area contributed by atoms with Crippen LogP contribution in [0.2, 0.25) is 0 Å². The number of hydrogen-bond donors (Lipinski definition) is 3. The lowest BCUT2D eigenvalue weighted by Crippen LogP contribution is -2.45. The molecule has 0 radical (unpaired) electrons. The van der Waals surface area contributed by atoms with Crippen molar-refractivity contribution < 1.29 is 24.5 Å². The van der Waals surface area contributed by atoms with Gasteiger partial charge in [-0.2, -0.15) is 0 Å². The number of carbonyl (C=O) groups is 2. The van der Waals surface area contributed by atoms with Crippen LogP contribution in [0.25, 0.3) is 0 Å². The second-order valence-corrected chi connectivity index (χ2v) is 23.5. The first kappa shape index (κ1) is 73.3. The third-order valence-electron chi connectivity index (χ3n) is 16.0. The summed E-state index contributed by atoms with van der Waals surface area (Å²) < 4.78 is 5.48. The van der Waals surface area contributed by atoms with Gasteiger partial charge in [-0.05, 0) is 57.8 Å². The molecular weight excluding hydrogens is 923 g/mol. The Hall–Kier alpha value is -1.66. The fourth-order valence-electron chi connectivity index (χ4n) is 10.7. The van der Waals surface area contributed by atoms with Crippen LogP contribution in [0.5, 0.6) is 0 Å². The van der Waals surface area contributed by atoms with Gasteiger partial charge in [0.15, 0.2) is 0 Å². The van der Waals surface area contributed by atoms with Crippen LogP contribution in [0.3, 0.4) is 0 Å². The average molecular weight is 1060 g/mol. The van der Waals surface area contributed by atoms with Gasteiger partial charge in [0.05, 0.1) is 25.4 Å². The van der Waals surface area contributed by atoms with E-state index in [1.165, 1.54) is 308 Å². The molecule has 0 aromatic heterocycles. The minimum Gasteiger partial charge on any atom is -0.466 e. The molecule has 0 fully saturated rings. The third-order valence-corrected chi connectivity index (χ3v) is 16.0. The monoisotopic (exact) mass is 1060 g/mol. The maximum Gasteiger partial charge on any atom is 0.305 e.